The quantitative estimate of drug-likeness (QED) is 0.0654. The van der Waals surface area contributed by atoms with Crippen LogP contribution in [0.25, 0.3) is 67.5 Å². The van der Waals surface area contributed by atoms with Crippen molar-refractivity contribution in [3.63, 3.8) is 0 Å². The average molecular weight is 1190 g/mol. The van der Waals surface area contributed by atoms with Gasteiger partial charge in [0.05, 0.1) is 17.1 Å². The monoisotopic (exact) mass is 1190 g/mol. The Labute approximate surface area is 509 Å². The highest BCUT2D eigenvalue weighted by Crippen LogP contribution is 2.45. The van der Waals surface area contributed by atoms with Crippen molar-refractivity contribution in [3.8, 4) is 67.5 Å². The number of aromatic amines is 3. The second-order valence-corrected chi connectivity index (χ2v) is 24.9. The Morgan fingerprint density at radius 1 is 0.429 bits per heavy atom. The fourth-order valence-corrected chi connectivity index (χ4v) is 13.1. The molecule has 0 bridgehead atoms. The van der Waals surface area contributed by atoms with E-state index in [1.165, 1.54) is 75.0 Å². The molecule has 438 valence electrons. The Bertz CT molecular complexity index is 3050. The van der Waals surface area contributed by atoms with Crippen LogP contribution in [-0.2, 0) is 0 Å². The van der Waals surface area contributed by atoms with Crippen LogP contribution in [0.2, 0.25) is 15.1 Å². The van der Waals surface area contributed by atoms with E-state index in [2.05, 4.69) is 103 Å². The normalized spacial score (nSPS) is 19.9. The highest BCUT2D eigenvalue weighted by atomic mass is 35.5. The third-order valence-corrected chi connectivity index (χ3v) is 17.3. The summed E-state index contributed by atoms with van der Waals surface area (Å²) in [7, 11) is 4.32. The van der Waals surface area contributed by atoms with Crippen LogP contribution in [0.1, 0.15) is 140 Å². The molecule has 3 saturated carbocycles. The van der Waals surface area contributed by atoms with Crippen LogP contribution in [0.3, 0.4) is 0 Å². The summed E-state index contributed by atoms with van der Waals surface area (Å²) in [5, 5.41) is 33.7. The molecule has 3 fully saturated rings. The molecule has 9 aromatic rings. The Kier molecular flexibility index (Phi) is 20.8. The van der Waals surface area contributed by atoms with Gasteiger partial charge in [0.1, 0.15) is 36.1 Å². The predicted molar refractivity (Wildman–Crippen MR) is 340 cm³/mol. The number of aromatic nitrogens is 12. The number of nitrogens with zero attached hydrogens (tertiary/aromatic N) is 10. The summed E-state index contributed by atoms with van der Waals surface area (Å²) in [6.07, 6.45) is 24.3. The van der Waals surface area contributed by atoms with E-state index in [0.717, 1.165) is 114 Å². The molecular weight excluding hydrogens is 1110 g/mol. The van der Waals surface area contributed by atoms with E-state index >= 15 is 0 Å². The van der Waals surface area contributed by atoms with Crippen molar-refractivity contribution in [1.29, 1.82) is 0 Å². The van der Waals surface area contributed by atoms with Crippen molar-refractivity contribution < 1.29 is 0 Å². The summed E-state index contributed by atoms with van der Waals surface area (Å²) in [5.74, 6) is 2.19. The Morgan fingerprint density at radius 2 is 0.726 bits per heavy atom. The first-order valence-corrected chi connectivity index (χ1v) is 31.0. The molecule has 0 amide bonds. The fraction of sp³-hybridized carbons (Fsp3) is 0.409. The molecule has 0 atom stereocenters. The largest absolute Gasteiger partial charge is 0.312 e. The van der Waals surface area contributed by atoms with Crippen LogP contribution < -0.4 is 10.6 Å². The van der Waals surface area contributed by atoms with Gasteiger partial charge in [0, 0.05) is 133 Å². The predicted octanol–water partition coefficient (Wildman–Crippen LogP) is 15.4. The van der Waals surface area contributed by atoms with Crippen LogP contribution in [0.15, 0.2) is 129 Å². The van der Waals surface area contributed by atoms with E-state index in [4.69, 9.17) is 50.1 Å². The summed E-state index contributed by atoms with van der Waals surface area (Å²) in [6, 6.07) is 31.6. The lowest BCUT2D eigenvalue weighted by molar-refractivity contribution is 0.248. The summed E-state index contributed by atoms with van der Waals surface area (Å²) >= 11 is 18.2. The molecule has 12 rings (SSSR count). The molecule has 3 aliphatic carbocycles. The topological polar surface area (TPSA) is 191 Å². The van der Waals surface area contributed by atoms with Crippen molar-refractivity contribution >= 4 is 34.8 Å². The van der Waals surface area contributed by atoms with Gasteiger partial charge in [-0.2, -0.15) is 15.3 Å². The minimum atomic E-state index is 0.462. The molecule has 3 aromatic carbocycles. The Hall–Kier alpha value is -6.72. The molecule has 0 unspecified atom stereocenters. The zero-order chi connectivity index (χ0) is 58.5. The molecule has 84 heavy (non-hydrogen) atoms. The smallest absolute Gasteiger partial charge is 0.116 e. The fourth-order valence-electron chi connectivity index (χ4n) is 12.7. The van der Waals surface area contributed by atoms with E-state index in [0.29, 0.717) is 41.9 Å². The number of H-pyrrole nitrogens is 3. The summed E-state index contributed by atoms with van der Waals surface area (Å²) in [4.78, 5) is 28.1. The van der Waals surface area contributed by atoms with Gasteiger partial charge in [0.25, 0.3) is 0 Å². The number of benzene rings is 3. The second-order valence-electron chi connectivity index (χ2n) is 23.6. The third kappa shape index (κ3) is 15.4. The first kappa shape index (κ1) is 60.4. The summed E-state index contributed by atoms with van der Waals surface area (Å²) < 4.78 is 0. The number of hydrogen-bond donors (Lipinski definition) is 5. The van der Waals surface area contributed by atoms with Crippen molar-refractivity contribution in [3.05, 3.63) is 161 Å². The van der Waals surface area contributed by atoms with Gasteiger partial charge in [-0.25, -0.2) is 29.9 Å². The summed E-state index contributed by atoms with van der Waals surface area (Å²) in [5.41, 5.74) is 15.5. The maximum absolute atomic E-state index is 6.08. The molecule has 0 spiro atoms. The third-order valence-electron chi connectivity index (χ3n) is 16.5. The molecular formula is C66H78Cl3N15. The van der Waals surface area contributed by atoms with E-state index in [1.54, 1.807) is 37.6 Å². The van der Waals surface area contributed by atoms with Crippen molar-refractivity contribution in [2.75, 3.05) is 20.6 Å². The van der Waals surface area contributed by atoms with Gasteiger partial charge >= 0.3 is 0 Å². The molecule has 18 heteroatoms. The lowest BCUT2D eigenvalue weighted by Gasteiger charge is -2.30. The zero-order valence-corrected chi connectivity index (χ0v) is 51.3. The molecule has 3 aliphatic rings. The van der Waals surface area contributed by atoms with Crippen molar-refractivity contribution in [2.45, 2.75) is 147 Å². The lowest BCUT2D eigenvalue weighted by atomic mass is 9.79. The zero-order valence-electron chi connectivity index (χ0n) is 49.0. The average Bonchev–Trinajstić information content (AvgIpc) is 4.48. The number of rotatable bonds is 15. The molecule has 5 N–H and O–H groups in total. The van der Waals surface area contributed by atoms with Gasteiger partial charge in [0.15, 0.2) is 0 Å². The van der Waals surface area contributed by atoms with Crippen molar-refractivity contribution in [1.82, 2.24) is 76.0 Å². The minimum absolute atomic E-state index is 0.462. The molecule has 6 heterocycles. The summed E-state index contributed by atoms with van der Waals surface area (Å²) in [6.45, 7) is 10.0. The van der Waals surface area contributed by atoms with Crippen LogP contribution in [-0.4, -0.2) is 110 Å². The van der Waals surface area contributed by atoms with Crippen LogP contribution in [0, 0.1) is 5.92 Å². The SMILES string of the molecule is CC(C)NC1CCC(c2[nH]nc(-c3ccc(Cl)cc3)c2-c2ccncn2)CC1.CC(C)NC1CCC(c2[nH]nc(-c3ccc(Cl)cc3)c2-c2ccncn2)CC1.CN(C)CC1CCC(c2[nH]nc(-c3ccc(Cl)cc3)c2-c2ccncn2)CC1. The Morgan fingerprint density at radius 3 is 0.988 bits per heavy atom. The highest BCUT2D eigenvalue weighted by molar-refractivity contribution is 6.31. The van der Waals surface area contributed by atoms with E-state index in [-0.39, 0.29) is 0 Å². The van der Waals surface area contributed by atoms with Gasteiger partial charge in [-0.15, -0.1) is 0 Å². The van der Waals surface area contributed by atoms with Gasteiger partial charge in [-0.3, -0.25) is 15.3 Å². The lowest BCUT2D eigenvalue weighted by Crippen LogP contribution is -2.37. The first-order valence-electron chi connectivity index (χ1n) is 29.8. The van der Waals surface area contributed by atoms with Crippen molar-refractivity contribution in [2.24, 2.45) is 5.92 Å². The van der Waals surface area contributed by atoms with Gasteiger partial charge in [-0.1, -0.05) is 98.9 Å². The Balaban J connectivity index is 0.000000140. The molecule has 0 aliphatic heterocycles. The maximum atomic E-state index is 6.08. The maximum Gasteiger partial charge on any atom is 0.116 e. The highest BCUT2D eigenvalue weighted by Gasteiger charge is 2.32. The first-order chi connectivity index (χ1) is 40.8. The molecule has 15 nitrogen and oxygen atoms in total. The van der Waals surface area contributed by atoms with E-state index < -0.39 is 0 Å². The number of nitrogens with one attached hydrogen (secondary N) is 5. The van der Waals surface area contributed by atoms with Gasteiger partial charge in [0.2, 0.25) is 0 Å². The molecule has 0 saturated heterocycles. The molecule has 0 radical (unpaired) electrons. The number of hydrogen-bond acceptors (Lipinski definition) is 12. The van der Waals surface area contributed by atoms with Gasteiger partial charge in [-0.05, 0) is 152 Å². The van der Waals surface area contributed by atoms with Gasteiger partial charge < -0.3 is 15.5 Å². The second kappa shape index (κ2) is 28.9. The van der Waals surface area contributed by atoms with E-state index in [9.17, 15) is 0 Å². The minimum Gasteiger partial charge on any atom is -0.312 e. The molecule has 6 aromatic heterocycles. The number of halogens is 3. The van der Waals surface area contributed by atoms with Crippen LogP contribution in [0.4, 0.5) is 0 Å². The van der Waals surface area contributed by atoms with E-state index in [1.807, 2.05) is 91.0 Å². The standard InChI is InChI=1S/3C22H26ClN5/c2*1-14(2)26-18-9-5-16(6-10-18)22-20(19-11-12-24-13-25-19)21(27-28-22)15-3-7-17(23)8-4-15;1-28(2)13-15-3-5-16(6-4-15)21-20(19-11-12-24-14-25-19)22(27-26-21)17-7-9-18(23)10-8-17/h2*3-4,7-8,11-14,16,18,26H,5-6,9-10H2,1-2H3,(H,27,28);7-12,14-16H,3-6,13H2,1-2H3,(H,26,27). The van der Waals surface area contributed by atoms with Crippen LogP contribution >= 0.6 is 34.8 Å². The van der Waals surface area contributed by atoms with Crippen LogP contribution in [0.5, 0.6) is 0 Å².